The fourth-order valence-corrected chi connectivity index (χ4v) is 1.44. The van der Waals surface area contributed by atoms with Crippen molar-refractivity contribution in [2.24, 2.45) is 7.05 Å². The number of hydrogen-bond acceptors (Lipinski definition) is 3. The summed E-state index contributed by atoms with van der Waals surface area (Å²) < 4.78 is 12.4. The lowest BCUT2D eigenvalue weighted by atomic mass is 10.3. The van der Waals surface area contributed by atoms with Crippen LogP contribution in [0.4, 0.5) is 0 Å². The molecule has 0 aliphatic carbocycles. The highest BCUT2D eigenvalue weighted by Gasteiger charge is 2.06. The molecule has 1 unspecified atom stereocenters. The maximum absolute atomic E-state index is 5.25. The zero-order valence-corrected chi connectivity index (χ0v) is 9.69. The largest absolute Gasteiger partial charge is 0.382 e. The Morgan fingerprint density at radius 1 is 1.47 bits per heavy atom. The first kappa shape index (κ1) is 12.2. The number of aryl methyl sites for hydroxylation is 1. The molecule has 0 bridgehead atoms. The van der Waals surface area contributed by atoms with Crippen molar-refractivity contribution in [3.8, 4) is 0 Å². The van der Waals surface area contributed by atoms with E-state index in [1.807, 2.05) is 19.3 Å². The Labute approximate surface area is 91.2 Å². The second kappa shape index (κ2) is 6.61. The van der Waals surface area contributed by atoms with Crippen molar-refractivity contribution in [2.75, 3.05) is 27.4 Å². The van der Waals surface area contributed by atoms with Gasteiger partial charge in [0.05, 0.1) is 12.7 Å². The van der Waals surface area contributed by atoms with Crippen LogP contribution in [-0.2, 0) is 23.1 Å². The molecule has 1 atom stereocenters. The summed E-state index contributed by atoms with van der Waals surface area (Å²) in [5.41, 5.74) is 1.27. The van der Waals surface area contributed by atoms with Crippen molar-refractivity contribution < 1.29 is 9.47 Å². The molecule has 15 heavy (non-hydrogen) atoms. The van der Waals surface area contributed by atoms with E-state index >= 15 is 0 Å². The standard InChI is InChI=1S/C11H20N2O2/c1-13-6-4-5-10(13)7-12-8-11(15-3)9-14-2/h4-6,11-12H,7-9H2,1-3H3. The Hall–Kier alpha value is -0.840. The predicted octanol–water partition coefficient (Wildman–Crippen LogP) is 0.776. The molecule has 1 aromatic rings. The van der Waals surface area contributed by atoms with Crippen LogP contribution in [0.5, 0.6) is 0 Å². The Balaban J connectivity index is 2.23. The lowest BCUT2D eigenvalue weighted by Crippen LogP contribution is -2.31. The molecule has 0 aliphatic rings. The van der Waals surface area contributed by atoms with Gasteiger partial charge in [0, 0.05) is 46.2 Å². The molecule has 0 spiro atoms. The van der Waals surface area contributed by atoms with Crippen LogP contribution < -0.4 is 5.32 Å². The number of hydrogen-bond donors (Lipinski definition) is 1. The van der Waals surface area contributed by atoms with Gasteiger partial charge in [-0.1, -0.05) is 0 Å². The zero-order chi connectivity index (χ0) is 11.1. The normalized spacial score (nSPS) is 13.0. The van der Waals surface area contributed by atoms with Crippen LogP contribution in [0.25, 0.3) is 0 Å². The molecular weight excluding hydrogens is 192 g/mol. The zero-order valence-electron chi connectivity index (χ0n) is 9.69. The number of rotatable bonds is 7. The van der Waals surface area contributed by atoms with E-state index in [1.54, 1.807) is 14.2 Å². The van der Waals surface area contributed by atoms with Gasteiger partial charge in [0.2, 0.25) is 0 Å². The van der Waals surface area contributed by atoms with Gasteiger partial charge in [-0.05, 0) is 12.1 Å². The van der Waals surface area contributed by atoms with E-state index in [2.05, 4.69) is 16.0 Å². The maximum Gasteiger partial charge on any atom is 0.0928 e. The highest BCUT2D eigenvalue weighted by molar-refractivity contribution is 5.05. The minimum atomic E-state index is 0.121. The van der Waals surface area contributed by atoms with Gasteiger partial charge < -0.3 is 19.4 Å². The topological polar surface area (TPSA) is 35.4 Å². The first-order chi connectivity index (χ1) is 7.27. The van der Waals surface area contributed by atoms with E-state index in [4.69, 9.17) is 9.47 Å². The minimum absolute atomic E-state index is 0.121. The molecule has 0 amide bonds. The summed E-state index contributed by atoms with van der Waals surface area (Å²) in [5, 5.41) is 3.34. The van der Waals surface area contributed by atoms with Crippen LogP contribution in [-0.4, -0.2) is 38.0 Å². The van der Waals surface area contributed by atoms with E-state index in [9.17, 15) is 0 Å². The third-order valence-electron chi connectivity index (χ3n) is 2.42. The van der Waals surface area contributed by atoms with E-state index < -0.39 is 0 Å². The first-order valence-electron chi connectivity index (χ1n) is 5.10. The van der Waals surface area contributed by atoms with Crippen molar-refractivity contribution in [3.05, 3.63) is 24.0 Å². The molecule has 0 aliphatic heterocycles. The van der Waals surface area contributed by atoms with Crippen LogP contribution in [0.3, 0.4) is 0 Å². The summed E-state index contributed by atoms with van der Waals surface area (Å²) in [6, 6.07) is 4.14. The van der Waals surface area contributed by atoms with E-state index in [0.29, 0.717) is 6.61 Å². The Morgan fingerprint density at radius 2 is 2.27 bits per heavy atom. The molecule has 0 aromatic carbocycles. The van der Waals surface area contributed by atoms with E-state index in [1.165, 1.54) is 5.69 Å². The molecule has 4 heteroatoms. The third-order valence-corrected chi connectivity index (χ3v) is 2.42. The molecule has 0 saturated carbocycles. The maximum atomic E-state index is 5.25. The monoisotopic (exact) mass is 212 g/mol. The Bertz CT molecular complexity index is 273. The third kappa shape index (κ3) is 4.03. The van der Waals surface area contributed by atoms with Crippen molar-refractivity contribution in [3.63, 3.8) is 0 Å². The summed E-state index contributed by atoms with van der Waals surface area (Å²) in [7, 11) is 5.43. The van der Waals surface area contributed by atoms with Gasteiger partial charge >= 0.3 is 0 Å². The molecule has 86 valence electrons. The molecule has 0 radical (unpaired) electrons. The van der Waals surface area contributed by atoms with Crippen LogP contribution in [0.2, 0.25) is 0 Å². The molecular formula is C11H20N2O2. The highest BCUT2D eigenvalue weighted by atomic mass is 16.5. The highest BCUT2D eigenvalue weighted by Crippen LogP contribution is 1.98. The number of methoxy groups -OCH3 is 2. The molecule has 0 saturated heterocycles. The average molecular weight is 212 g/mol. The smallest absolute Gasteiger partial charge is 0.0928 e. The molecule has 1 heterocycles. The van der Waals surface area contributed by atoms with Crippen LogP contribution in [0, 0.1) is 0 Å². The molecule has 0 fully saturated rings. The van der Waals surface area contributed by atoms with Crippen molar-refractivity contribution in [1.82, 2.24) is 9.88 Å². The predicted molar refractivity (Wildman–Crippen MR) is 59.8 cm³/mol. The van der Waals surface area contributed by atoms with Gasteiger partial charge in [-0.25, -0.2) is 0 Å². The van der Waals surface area contributed by atoms with Crippen LogP contribution >= 0.6 is 0 Å². The fourth-order valence-electron chi connectivity index (χ4n) is 1.44. The molecule has 1 rings (SSSR count). The average Bonchev–Trinajstić information content (AvgIpc) is 2.63. The summed E-state index contributed by atoms with van der Waals surface area (Å²) in [6.07, 6.45) is 2.16. The van der Waals surface area contributed by atoms with E-state index in [-0.39, 0.29) is 6.10 Å². The van der Waals surface area contributed by atoms with Gasteiger partial charge in [0.15, 0.2) is 0 Å². The Kier molecular flexibility index (Phi) is 5.39. The van der Waals surface area contributed by atoms with Gasteiger partial charge in [0.25, 0.3) is 0 Å². The minimum Gasteiger partial charge on any atom is -0.382 e. The van der Waals surface area contributed by atoms with Gasteiger partial charge in [-0.3, -0.25) is 0 Å². The Morgan fingerprint density at radius 3 is 2.80 bits per heavy atom. The second-order valence-corrected chi connectivity index (χ2v) is 3.55. The number of ether oxygens (including phenoxy) is 2. The van der Waals surface area contributed by atoms with Crippen molar-refractivity contribution in [2.45, 2.75) is 12.6 Å². The lowest BCUT2D eigenvalue weighted by molar-refractivity contribution is 0.0287. The first-order valence-corrected chi connectivity index (χ1v) is 5.10. The number of aromatic nitrogens is 1. The van der Waals surface area contributed by atoms with Gasteiger partial charge in [0.1, 0.15) is 0 Å². The second-order valence-electron chi connectivity index (χ2n) is 3.55. The molecule has 4 nitrogen and oxygen atoms in total. The number of nitrogens with one attached hydrogen (secondary N) is 1. The summed E-state index contributed by atoms with van der Waals surface area (Å²) >= 11 is 0. The van der Waals surface area contributed by atoms with Gasteiger partial charge in [-0.2, -0.15) is 0 Å². The fraction of sp³-hybridized carbons (Fsp3) is 0.636. The number of nitrogens with zero attached hydrogens (tertiary/aromatic N) is 1. The summed E-state index contributed by atoms with van der Waals surface area (Å²) in [6.45, 7) is 2.28. The summed E-state index contributed by atoms with van der Waals surface area (Å²) in [5.74, 6) is 0. The van der Waals surface area contributed by atoms with E-state index in [0.717, 1.165) is 13.1 Å². The summed E-state index contributed by atoms with van der Waals surface area (Å²) in [4.78, 5) is 0. The van der Waals surface area contributed by atoms with Crippen molar-refractivity contribution in [1.29, 1.82) is 0 Å². The van der Waals surface area contributed by atoms with Gasteiger partial charge in [-0.15, -0.1) is 0 Å². The molecule has 1 aromatic heterocycles. The molecule has 1 N–H and O–H groups in total. The lowest BCUT2D eigenvalue weighted by Gasteiger charge is -2.15. The quantitative estimate of drug-likeness (QED) is 0.725. The van der Waals surface area contributed by atoms with Crippen LogP contribution in [0.15, 0.2) is 18.3 Å². The van der Waals surface area contributed by atoms with Crippen LogP contribution in [0.1, 0.15) is 5.69 Å². The SMILES string of the molecule is COCC(CNCc1cccn1C)OC. The van der Waals surface area contributed by atoms with Crippen molar-refractivity contribution >= 4 is 0 Å².